The first-order chi connectivity index (χ1) is 14.1. The molecule has 1 aromatic rings. The first kappa shape index (κ1) is 19.9. The van der Waals surface area contributed by atoms with E-state index in [9.17, 15) is 14.4 Å². The van der Waals surface area contributed by atoms with E-state index in [4.69, 9.17) is 0 Å². The molecule has 3 amide bonds. The number of hydrogen-bond donors (Lipinski definition) is 0. The lowest BCUT2D eigenvalue weighted by molar-refractivity contribution is -0.157. The summed E-state index contributed by atoms with van der Waals surface area (Å²) in [5.74, 6) is 0.774. The van der Waals surface area contributed by atoms with Crippen molar-refractivity contribution in [2.45, 2.75) is 57.5 Å². The van der Waals surface area contributed by atoms with Gasteiger partial charge in [0.2, 0.25) is 17.7 Å². The molecule has 1 saturated carbocycles. The summed E-state index contributed by atoms with van der Waals surface area (Å²) >= 11 is 0. The number of carbonyl (C=O) groups excluding carboxylic acids is 3. The van der Waals surface area contributed by atoms with Gasteiger partial charge in [0, 0.05) is 26.1 Å². The predicted octanol–water partition coefficient (Wildman–Crippen LogP) is 2.43. The zero-order valence-corrected chi connectivity index (χ0v) is 17.1. The monoisotopic (exact) mass is 397 g/mol. The average molecular weight is 398 g/mol. The summed E-state index contributed by atoms with van der Waals surface area (Å²) in [6, 6.07) is 9.21. The van der Waals surface area contributed by atoms with Gasteiger partial charge in [0.05, 0.1) is 6.54 Å². The Kier molecular flexibility index (Phi) is 6.16. The minimum atomic E-state index is -0.544. The molecule has 0 N–H and O–H groups in total. The third kappa shape index (κ3) is 4.62. The molecule has 0 radical (unpaired) electrons. The highest BCUT2D eigenvalue weighted by Gasteiger charge is 2.41. The van der Waals surface area contributed by atoms with Crippen LogP contribution in [-0.2, 0) is 20.9 Å². The van der Waals surface area contributed by atoms with E-state index in [0.29, 0.717) is 38.5 Å². The molecule has 1 unspecified atom stereocenters. The van der Waals surface area contributed by atoms with Gasteiger partial charge in [-0.3, -0.25) is 14.4 Å². The van der Waals surface area contributed by atoms with Crippen molar-refractivity contribution in [2.24, 2.45) is 5.92 Å². The van der Waals surface area contributed by atoms with E-state index in [1.807, 2.05) is 35.2 Å². The first-order valence-electron chi connectivity index (χ1n) is 11.0. The van der Waals surface area contributed by atoms with Gasteiger partial charge in [-0.05, 0) is 24.3 Å². The van der Waals surface area contributed by atoms with E-state index < -0.39 is 6.04 Å². The van der Waals surface area contributed by atoms with Crippen LogP contribution in [0.1, 0.15) is 50.5 Å². The molecule has 2 heterocycles. The summed E-state index contributed by atoms with van der Waals surface area (Å²) in [5.41, 5.74) is 1.01. The molecular formula is C23H31N3O3. The van der Waals surface area contributed by atoms with Crippen molar-refractivity contribution in [2.75, 3.05) is 26.2 Å². The molecule has 1 aliphatic carbocycles. The highest BCUT2D eigenvalue weighted by Crippen LogP contribution is 2.29. The van der Waals surface area contributed by atoms with Crippen molar-refractivity contribution in [3.63, 3.8) is 0 Å². The number of rotatable bonds is 5. The number of fused-ring (bicyclic) bond motifs is 1. The Hall–Kier alpha value is -2.37. The number of amides is 3. The first-order valence-corrected chi connectivity index (χ1v) is 11.0. The minimum Gasteiger partial charge on any atom is -0.340 e. The van der Waals surface area contributed by atoms with E-state index in [0.717, 1.165) is 18.4 Å². The van der Waals surface area contributed by atoms with E-state index in [1.54, 1.807) is 9.80 Å². The topological polar surface area (TPSA) is 60.9 Å². The largest absolute Gasteiger partial charge is 0.340 e. The molecule has 2 saturated heterocycles. The molecule has 3 aliphatic rings. The Morgan fingerprint density at radius 2 is 1.76 bits per heavy atom. The summed E-state index contributed by atoms with van der Waals surface area (Å²) in [6.45, 7) is 2.08. The highest BCUT2D eigenvalue weighted by molar-refractivity contribution is 5.95. The zero-order chi connectivity index (χ0) is 20.2. The maximum absolute atomic E-state index is 13.2. The molecular weight excluding hydrogens is 366 g/mol. The van der Waals surface area contributed by atoms with Gasteiger partial charge in [0.25, 0.3) is 0 Å². The predicted molar refractivity (Wildman–Crippen MR) is 110 cm³/mol. The fourth-order valence-corrected chi connectivity index (χ4v) is 4.99. The molecule has 1 atom stereocenters. The molecule has 29 heavy (non-hydrogen) atoms. The van der Waals surface area contributed by atoms with Gasteiger partial charge in [-0.2, -0.15) is 0 Å². The lowest BCUT2D eigenvalue weighted by Crippen LogP contribution is -2.61. The second-order valence-corrected chi connectivity index (χ2v) is 8.67. The highest BCUT2D eigenvalue weighted by atomic mass is 16.2. The van der Waals surface area contributed by atoms with Crippen molar-refractivity contribution in [1.29, 1.82) is 0 Å². The van der Waals surface area contributed by atoms with Crippen LogP contribution in [0.15, 0.2) is 30.3 Å². The molecule has 1 aromatic carbocycles. The lowest BCUT2D eigenvalue weighted by atomic mass is 10.0. The summed E-state index contributed by atoms with van der Waals surface area (Å²) < 4.78 is 0. The fourth-order valence-electron chi connectivity index (χ4n) is 4.99. The Balaban J connectivity index is 1.41. The summed E-state index contributed by atoms with van der Waals surface area (Å²) in [6.07, 6.45) is 7.31. The number of benzene rings is 1. The fraction of sp³-hybridized carbons (Fsp3) is 0.609. The van der Waals surface area contributed by atoms with Gasteiger partial charge < -0.3 is 14.7 Å². The smallest absolute Gasteiger partial charge is 0.247 e. The van der Waals surface area contributed by atoms with Gasteiger partial charge in [-0.25, -0.2) is 0 Å². The molecule has 4 rings (SSSR count). The Labute approximate surface area is 172 Å². The number of hydrogen-bond acceptors (Lipinski definition) is 3. The summed E-state index contributed by atoms with van der Waals surface area (Å²) in [7, 11) is 0. The van der Waals surface area contributed by atoms with Crippen LogP contribution in [0.5, 0.6) is 0 Å². The van der Waals surface area contributed by atoms with Crippen LogP contribution >= 0.6 is 0 Å². The molecule has 6 nitrogen and oxygen atoms in total. The third-order valence-electron chi connectivity index (χ3n) is 6.65. The van der Waals surface area contributed by atoms with Crippen LogP contribution < -0.4 is 0 Å². The van der Waals surface area contributed by atoms with Crippen LogP contribution in [-0.4, -0.2) is 64.6 Å². The van der Waals surface area contributed by atoms with Crippen molar-refractivity contribution in [3.05, 3.63) is 35.9 Å². The van der Waals surface area contributed by atoms with Gasteiger partial charge >= 0.3 is 0 Å². The maximum atomic E-state index is 13.2. The van der Waals surface area contributed by atoms with Crippen molar-refractivity contribution < 1.29 is 14.4 Å². The van der Waals surface area contributed by atoms with Crippen LogP contribution in [0.3, 0.4) is 0 Å². The lowest BCUT2D eigenvalue weighted by Gasteiger charge is -2.40. The van der Waals surface area contributed by atoms with Crippen molar-refractivity contribution >= 4 is 17.7 Å². The van der Waals surface area contributed by atoms with Gasteiger partial charge in [-0.15, -0.1) is 0 Å². The van der Waals surface area contributed by atoms with E-state index in [-0.39, 0.29) is 24.3 Å². The van der Waals surface area contributed by atoms with Crippen molar-refractivity contribution in [3.8, 4) is 0 Å². The second-order valence-electron chi connectivity index (χ2n) is 8.67. The molecule has 0 bridgehead atoms. The van der Waals surface area contributed by atoms with Crippen LogP contribution in [0.25, 0.3) is 0 Å². The quantitative estimate of drug-likeness (QED) is 0.767. The standard InChI is InChI=1S/C23H31N3O3/c27-21(12-11-18-7-4-5-8-18)24-13-6-14-26-20(16-24)23(29)25(17-22(26)28)15-19-9-2-1-3-10-19/h1-3,9-10,18,20H,4-8,11-17H2. The van der Waals surface area contributed by atoms with Gasteiger partial charge in [0.15, 0.2) is 0 Å². The SMILES string of the molecule is O=C(CCC1CCCC1)N1CCCN2C(=O)CN(Cc3ccccc3)C(=O)C2C1. The molecule has 6 heteroatoms. The van der Waals surface area contributed by atoms with E-state index >= 15 is 0 Å². The number of nitrogens with zero attached hydrogens (tertiary/aromatic N) is 3. The van der Waals surface area contributed by atoms with E-state index in [2.05, 4.69) is 0 Å². The Bertz CT molecular complexity index is 745. The zero-order valence-electron chi connectivity index (χ0n) is 17.1. The molecule has 0 spiro atoms. The molecule has 156 valence electrons. The van der Waals surface area contributed by atoms with Crippen LogP contribution in [0.4, 0.5) is 0 Å². The van der Waals surface area contributed by atoms with Crippen molar-refractivity contribution in [1.82, 2.24) is 14.7 Å². The number of carbonyl (C=O) groups is 3. The van der Waals surface area contributed by atoms with Crippen LogP contribution in [0.2, 0.25) is 0 Å². The summed E-state index contributed by atoms with van der Waals surface area (Å²) in [5, 5.41) is 0. The molecule has 0 aromatic heterocycles. The van der Waals surface area contributed by atoms with Gasteiger partial charge in [-0.1, -0.05) is 56.0 Å². The normalized spacial score (nSPS) is 23.3. The third-order valence-corrected chi connectivity index (χ3v) is 6.65. The maximum Gasteiger partial charge on any atom is 0.247 e. The Morgan fingerprint density at radius 1 is 1.00 bits per heavy atom. The molecule has 2 aliphatic heterocycles. The van der Waals surface area contributed by atoms with E-state index in [1.165, 1.54) is 25.7 Å². The Morgan fingerprint density at radius 3 is 2.52 bits per heavy atom. The number of piperazine rings is 1. The average Bonchev–Trinajstić information content (AvgIpc) is 3.14. The second kappa shape index (κ2) is 8.97. The van der Waals surface area contributed by atoms with Crippen LogP contribution in [0, 0.1) is 5.92 Å². The molecule has 3 fully saturated rings. The summed E-state index contributed by atoms with van der Waals surface area (Å²) in [4.78, 5) is 43.9. The van der Waals surface area contributed by atoms with Gasteiger partial charge in [0.1, 0.15) is 12.6 Å². The minimum absolute atomic E-state index is 0.00853.